The Morgan fingerprint density at radius 3 is 2.50 bits per heavy atom. The van der Waals surface area contributed by atoms with Crippen molar-refractivity contribution in [1.82, 2.24) is 0 Å². The van der Waals surface area contributed by atoms with Crippen molar-refractivity contribution in [3.05, 3.63) is 34.9 Å². The van der Waals surface area contributed by atoms with Gasteiger partial charge in [0.15, 0.2) is 0 Å². The highest BCUT2D eigenvalue weighted by Crippen LogP contribution is 2.54. The van der Waals surface area contributed by atoms with Gasteiger partial charge in [-0.3, -0.25) is 0 Å². The number of aliphatic hydroxyl groups is 1. The molecule has 1 aliphatic carbocycles. The molecule has 0 aliphatic heterocycles. The summed E-state index contributed by atoms with van der Waals surface area (Å²) >= 11 is 0. The minimum Gasteiger partial charge on any atom is -0.395 e. The van der Waals surface area contributed by atoms with Crippen LogP contribution in [0.1, 0.15) is 30.0 Å². The van der Waals surface area contributed by atoms with Crippen molar-refractivity contribution in [1.29, 1.82) is 0 Å². The van der Waals surface area contributed by atoms with E-state index in [-0.39, 0.29) is 12.0 Å². The second kappa shape index (κ2) is 3.09. The van der Waals surface area contributed by atoms with E-state index in [9.17, 15) is 5.11 Å². The average molecular weight is 190 g/mol. The molecule has 0 bridgehead atoms. The summed E-state index contributed by atoms with van der Waals surface area (Å²) < 4.78 is 0. The van der Waals surface area contributed by atoms with Crippen molar-refractivity contribution in [2.45, 2.75) is 32.6 Å². The third-order valence-corrected chi connectivity index (χ3v) is 3.65. The lowest BCUT2D eigenvalue weighted by molar-refractivity contribution is 0.246. The first-order valence-corrected chi connectivity index (χ1v) is 5.29. The van der Waals surface area contributed by atoms with E-state index in [2.05, 4.69) is 39.0 Å². The van der Waals surface area contributed by atoms with E-state index in [1.807, 2.05) is 0 Å². The maximum Gasteiger partial charge on any atom is 0.0530 e. The lowest BCUT2D eigenvalue weighted by Gasteiger charge is -2.17. The van der Waals surface area contributed by atoms with Gasteiger partial charge in [-0.05, 0) is 37.3 Å². The van der Waals surface area contributed by atoms with Gasteiger partial charge in [0.1, 0.15) is 0 Å². The molecular formula is C13H18O. The Morgan fingerprint density at radius 2 is 2.07 bits per heavy atom. The van der Waals surface area contributed by atoms with Gasteiger partial charge in [0.2, 0.25) is 0 Å². The van der Waals surface area contributed by atoms with Crippen molar-refractivity contribution in [3.63, 3.8) is 0 Å². The molecule has 2 rings (SSSR count). The van der Waals surface area contributed by atoms with Crippen LogP contribution in [0.3, 0.4) is 0 Å². The first-order valence-electron chi connectivity index (χ1n) is 5.29. The molecule has 2 atom stereocenters. The number of hydrogen-bond acceptors (Lipinski definition) is 1. The van der Waals surface area contributed by atoms with Gasteiger partial charge in [0.25, 0.3) is 0 Å². The van der Waals surface area contributed by atoms with Crippen molar-refractivity contribution >= 4 is 0 Å². The molecule has 1 nitrogen and oxygen atoms in total. The van der Waals surface area contributed by atoms with Crippen LogP contribution in [0.15, 0.2) is 18.2 Å². The van der Waals surface area contributed by atoms with Crippen LogP contribution in [0.4, 0.5) is 0 Å². The fraction of sp³-hybridized carbons (Fsp3) is 0.538. The molecule has 0 radical (unpaired) electrons. The molecule has 76 valence electrons. The topological polar surface area (TPSA) is 20.2 Å². The lowest BCUT2D eigenvalue weighted by atomic mass is 9.90. The zero-order valence-electron chi connectivity index (χ0n) is 9.17. The molecule has 2 unspecified atom stereocenters. The van der Waals surface area contributed by atoms with Gasteiger partial charge in [-0.15, -0.1) is 0 Å². The van der Waals surface area contributed by atoms with E-state index in [1.165, 1.54) is 16.7 Å². The molecule has 1 saturated carbocycles. The summed E-state index contributed by atoms with van der Waals surface area (Å²) in [4.78, 5) is 0. The normalized spacial score (nSPS) is 30.4. The zero-order valence-corrected chi connectivity index (χ0v) is 9.17. The maximum atomic E-state index is 9.47. The fourth-order valence-electron chi connectivity index (χ4n) is 2.54. The highest BCUT2D eigenvalue weighted by atomic mass is 16.3. The SMILES string of the molecule is Cc1ccc(C2(CO)CC2C)c(C)c1. The van der Waals surface area contributed by atoms with Gasteiger partial charge in [0, 0.05) is 5.41 Å². The maximum absolute atomic E-state index is 9.47. The molecule has 1 aliphatic rings. The van der Waals surface area contributed by atoms with Gasteiger partial charge in [-0.2, -0.15) is 0 Å². The summed E-state index contributed by atoms with van der Waals surface area (Å²) in [6.45, 7) is 6.76. The molecule has 1 aromatic rings. The van der Waals surface area contributed by atoms with Crippen molar-refractivity contribution in [2.24, 2.45) is 5.92 Å². The smallest absolute Gasteiger partial charge is 0.0530 e. The quantitative estimate of drug-likeness (QED) is 0.760. The van der Waals surface area contributed by atoms with E-state index in [1.54, 1.807) is 0 Å². The molecule has 1 heteroatoms. The number of hydrogen-bond donors (Lipinski definition) is 1. The minimum atomic E-state index is 0.0811. The highest BCUT2D eigenvalue weighted by molar-refractivity contribution is 5.41. The van der Waals surface area contributed by atoms with E-state index in [0.717, 1.165) is 6.42 Å². The van der Waals surface area contributed by atoms with E-state index in [4.69, 9.17) is 0 Å². The van der Waals surface area contributed by atoms with E-state index in [0.29, 0.717) is 5.92 Å². The van der Waals surface area contributed by atoms with Gasteiger partial charge in [0.05, 0.1) is 6.61 Å². The molecule has 0 aromatic heterocycles. The van der Waals surface area contributed by atoms with Crippen LogP contribution in [0.2, 0.25) is 0 Å². The standard InChI is InChI=1S/C13H18O/c1-9-4-5-12(10(2)6-9)13(8-14)7-11(13)3/h4-6,11,14H,7-8H2,1-3H3. The summed E-state index contributed by atoms with van der Waals surface area (Å²) in [5.41, 5.74) is 4.05. The minimum absolute atomic E-state index is 0.0811. The Balaban J connectivity index is 2.42. The highest BCUT2D eigenvalue weighted by Gasteiger charge is 2.52. The monoisotopic (exact) mass is 190 g/mol. The van der Waals surface area contributed by atoms with Crippen LogP contribution in [-0.4, -0.2) is 11.7 Å². The number of benzene rings is 1. The Morgan fingerprint density at radius 1 is 1.43 bits per heavy atom. The summed E-state index contributed by atoms with van der Waals surface area (Å²) in [5.74, 6) is 0.633. The van der Waals surface area contributed by atoms with E-state index >= 15 is 0 Å². The molecule has 1 N–H and O–H groups in total. The number of aryl methyl sites for hydroxylation is 2. The predicted octanol–water partition coefficient (Wildman–Crippen LogP) is 2.57. The zero-order chi connectivity index (χ0) is 10.3. The summed E-state index contributed by atoms with van der Waals surface area (Å²) in [6, 6.07) is 6.53. The summed E-state index contributed by atoms with van der Waals surface area (Å²) in [6.07, 6.45) is 1.13. The van der Waals surface area contributed by atoms with Gasteiger partial charge >= 0.3 is 0 Å². The predicted molar refractivity (Wildman–Crippen MR) is 58.5 cm³/mol. The van der Waals surface area contributed by atoms with Gasteiger partial charge in [-0.1, -0.05) is 30.7 Å². The molecule has 0 heterocycles. The van der Waals surface area contributed by atoms with Crippen LogP contribution >= 0.6 is 0 Å². The molecule has 1 aromatic carbocycles. The number of aliphatic hydroxyl groups excluding tert-OH is 1. The second-order valence-corrected chi connectivity index (χ2v) is 4.74. The molecule has 14 heavy (non-hydrogen) atoms. The van der Waals surface area contributed by atoms with Crippen LogP contribution < -0.4 is 0 Å². The Hall–Kier alpha value is -0.820. The Kier molecular flexibility index (Phi) is 2.15. The van der Waals surface area contributed by atoms with Crippen LogP contribution in [0.25, 0.3) is 0 Å². The first kappa shape index (κ1) is 9.72. The van der Waals surface area contributed by atoms with E-state index < -0.39 is 0 Å². The summed E-state index contributed by atoms with van der Waals surface area (Å²) in [5, 5.41) is 9.47. The van der Waals surface area contributed by atoms with Crippen LogP contribution in [-0.2, 0) is 5.41 Å². The third kappa shape index (κ3) is 1.27. The fourth-order valence-corrected chi connectivity index (χ4v) is 2.54. The van der Waals surface area contributed by atoms with Crippen molar-refractivity contribution in [2.75, 3.05) is 6.61 Å². The van der Waals surface area contributed by atoms with Crippen LogP contribution in [0.5, 0.6) is 0 Å². The molecule has 0 spiro atoms. The largest absolute Gasteiger partial charge is 0.395 e. The van der Waals surface area contributed by atoms with Crippen LogP contribution in [0, 0.1) is 19.8 Å². The van der Waals surface area contributed by atoms with Crippen molar-refractivity contribution in [3.8, 4) is 0 Å². The van der Waals surface area contributed by atoms with Crippen molar-refractivity contribution < 1.29 is 5.11 Å². The average Bonchev–Trinajstić information content (AvgIpc) is 2.78. The molecular weight excluding hydrogens is 172 g/mol. The Bertz CT molecular complexity index is 352. The third-order valence-electron chi connectivity index (χ3n) is 3.65. The number of rotatable bonds is 2. The molecule has 0 saturated heterocycles. The van der Waals surface area contributed by atoms with Gasteiger partial charge in [-0.25, -0.2) is 0 Å². The molecule has 0 amide bonds. The van der Waals surface area contributed by atoms with Gasteiger partial charge < -0.3 is 5.11 Å². The summed E-state index contributed by atoms with van der Waals surface area (Å²) in [7, 11) is 0. The molecule has 1 fully saturated rings. The Labute approximate surface area is 85.8 Å². The lowest BCUT2D eigenvalue weighted by Crippen LogP contribution is -2.16. The second-order valence-electron chi connectivity index (χ2n) is 4.74. The first-order chi connectivity index (χ1) is 6.60.